The normalized spacial score (nSPS) is 11.1. The van der Waals surface area contributed by atoms with Gasteiger partial charge in [0.2, 0.25) is 0 Å². The average Bonchev–Trinajstić information content (AvgIpc) is 2.45. The fourth-order valence-electron chi connectivity index (χ4n) is 1.78. The van der Waals surface area contributed by atoms with E-state index in [4.69, 9.17) is 0 Å². The summed E-state index contributed by atoms with van der Waals surface area (Å²) in [6, 6.07) is 11.9. The smallest absolute Gasteiger partial charge is 0.254 e. The van der Waals surface area contributed by atoms with Crippen molar-refractivity contribution in [2.45, 2.75) is 11.4 Å². The minimum absolute atomic E-state index is 0.0229. The largest absolute Gasteiger partial charge is 0.348 e. The molecule has 2 aromatic rings. The van der Waals surface area contributed by atoms with Crippen molar-refractivity contribution in [1.29, 1.82) is 0 Å². The van der Waals surface area contributed by atoms with Gasteiger partial charge in [0.15, 0.2) is 9.84 Å². The van der Waals surface area contributed by atoms with E-state index in [1.807, 2.05) is 0 Å². The first-order valence-corrected chi connectivity index (χ1v) is 8.09. The lowest BCUT2D eigenvalue weighted by Crippen LogP contribution is -2.23. The van der Waals surface area contributed by atoms with Crippen LogP contribution in [0.4, 0.5) is 4.39 Å². The molecule has 0 spiro atoms. The average molecular weight is 307 g/mol. The fraction of sp³-hybridized carbons (Fsp3) is 0.133. The highest BCUT2D eigenvalue weighted by Crippen LogP contribution is 2.11. The number of carbonyl (C=O) groups excluding carboxylic acids is 1. The van der Waals surface area contributed by atoms with E-state index in [9.17, 15) is 17.6 Å². The lowest BCUT2D eigenvalue weighted by molar-refractivity contribution is 0.0947. The zero-order valence-corrected chi connectivity index (χ0v) is 12.2. The summed E-state index contributed by atoms with van der Waals surface area (Å²) in [5.74, 6) is -1.09. The van der Waals surface area contributed by atoms with Crippen LogP contribution in [0.15, 0.2) is 53.4 Å². The van der Waals surface area contributed by atoms with Crippen LogP contribution < -0.4 is 5.32 Å². The third-order valence-corrected chi connectivity index (χ3v) is 4.05. The van der Waals surface area contributed by atoms with Crippen LogP contribution >= 0.6 is 0 Å². The number of nitrogens with one attached hydrogen (secondary N) is 1. The van der Waals surface area contributed by atoms with Crippen LogP contribution in [-0.2, 0) is 16.4 Å². The SMILES string of the molecule is CS(=O)(=O)c1ccc(CNC(=O)c2ccccc2F)cc1. The Bertz CT molecular complexity index is 755. The lowest BCUT2D eigenvalue weighted by atomic mass is 10.2. The van der Waals surface area contributed by atoms with E-state index in [0.29, 0.717) is 0 Å². The van der Waals surface area contributed by atoms with Gasteiger partial charge in [-0.15, -0.1) is 0 Å². The molecule has 0 radical (unpaired) electrons. The molecule has 0 saturated heterocycles. The Kier molecular flexibility index (Phi) is 4.37. The van der Waals surface area contributed by atoms with E-state index in [-0.39, 0.29) is 17.0 Å². The molecule has 0 aromatic heterocycles. The van der Waals surface area contributed by atoms with Gasteiger partial charge in [-0.05, 0) is 29.8 Å². The Morgan fingerprint density at radius 2 is 1.71 bits per heavy atom. The summed E-state index contributed by atoms with van der Waals surface area (Å²) < 4.78 is 36.1. The summed E-state index contributed by atoms with van der Waals surface area (Å²) in [4.78, 5) is 12.0. The molecule has 1 N–H and O–H groups in total. The van der Waals surface area contributed by atoms with Crippen molar-refractivity contribution in [3.8, 4) is 0 Å². The van der Waals surface area contributed by atoms with Gasteiger partial charge in [0.05, 0.1) is 10.5 Å². The van der Waals surface area contributed by atoms with E-state index in [0.717, 1.165) is 11.8 Å². The lowest BCUT2D eigenvalue weighted by Gasteiger charge is -2.07. The summed E-state index contributed by atoms with van der Waals surface area (Å²) >= 11 is 0. The minimum Gasteiger partial charge on any atom is -0.348 e. The standard InChI is InChI=1S/C15H14FNO3S/c1-21(19,20)12-8-6-11(7-9-12)10-17-15(18)13-4-2-3-5-14(13)16/h2-9H,10H2,1H3,(H,17,18). The highest BCUT2D eigenvalue weighted by Gasteiger charge is 2.10. The number of hydrogen-bond donors (Lipinski definition) is 1. The molecule has 0 heterocycles. The molecule has 0 aliphatic heterocycles. The number of sulfone groups is 1. The van der Waals surface area contributed by atoms with Gasteiger partial charge in [-0.3, -0.25) is 4.79 Å². The van der Waals surface area contributed by atoms with Gasteiger partial charge < -0.3 is 5.32 Å². The first-order chi connectivity index (χ1) is 9.88. The first kappa shape index (κ1) is 15.2. The molecule has 2 rings (SSSR count). The number of carbonyl (C=O) groups is 1. The molecule has 0 bridgehead atoms. The third kappa shape index (κ3) is 3.88. The zero-order valence-electron chi connectivity index (χ0n) is 11.3. The van der Waals surface area contributed by atoms with Crippen molar-refractivity contribution in [3.63, 3.8) is 0 Å². The van der Waals surface area contributed by atoms with Gasteiger partial charge in [-0.2, -0.15) is 0 Å². The van der Waals surface area contributed by atoms with Crippen LogP contribution in [0.25, 0.3) is 0 Å². The highest BCUT2D eigenvalue weighted by atomic mass is 32.2. The number of amides is 1. The van der Waals surface area contributed by atoms with Crippen LogP contribution in [0.3, 0.4) is 0 Å². The van der Waals surface area contributed by atoms with E-state index in [2.05, 4.69) is 5.32 Å². The van der Waals surface area contributed by atoms with E-state index < -0.39 is 21.6 Å². The fourth-order valence-corrected chi connectivity index (χ4v) is 2.41. The maximum atomic E-state index is 13.4. The topological polar surface area (TPSA) is 63.2 Å². The molecular weight excluding hydrogens is 293 g/mol. The van der Waals surface area contributed by atoms with Crippen LogP contribution in [0.1, 0.15) is 15.9 Å². The van der Waals surface area contributed by atoms with Crippen LogP contribution in [0, 0.1) is 5.82 Å². The second-order valence-electron chi connectivity index (χ2n) is 4.58. The number of hydrogen-bond acceptors (Lipinski definition) is 3. The summed E-state index contributed by atoms with van der Waals surface area (Å²) in [6.07, 6.45) is 1.13. The van der Waals surface area contributed by atoms with Crippen molar-refractivity contribution in [3.05, 3.63) is 65.5 Å². The van der Waals surface area contributed by atoms with Gasteiger partial charge in [-0.1, -0.05) is 24.3 Å². The molecule has 0 aliphatic rings. The van der Waals surface area contributed by atoms with Gasteiger partial charge in [-0.25, -0.2) is 12.8 Å². The Balaban J connectivity index is 2.04. The number of benzene rings is 2. The Hall–Kier alpha value is -2.21. The maximum Gasteiger partial charge on any atom is 0.254 e. The van der Waals surface area contributed by atoms with Crippen LogP contribution in [-0.4, -0.2) is 20.6 Å². The molecule has 0 saturated carbocycles. The third-order valence-electron chi connectivity index (χ3n) is 2.92. The number of rotatable bonds is 4. The van der Waals surface area contributed by atoms with E-state index in [1.54, 1.807) is 18.2 Å². The monoisotopic (exact) mass is 307 g/mol. The predicted molar refractivity (Wildman–Crippen MR) is 77.1 cm³/mol. The van der Waals surface area contributed by atoms with Gasteiger partial charge in [0, 0.05) is 12.8 Å². The quantitative estimate of drug-likeness (QED) is 0.941. The zero-order chi connectivity index (χ0) is 15.5. The molecule has 6 heteroatoms. The molecule has 0 atom stereocenters. The Labute approximate surface area is 122 Å². The van der Waals surface area contributed by atoms with Crippen LogP contribution in [0.5, 0.6) is 0 Å². The second-order valence-corrected chi connectivity index (χ2v) is 6.59. The van der Waals surface area contributed by atoms with Gasteiger partial charge >= 0.3 is 0 Å². The van der Waals surface area contributed by atoms with Crippen molar-refractivity contribution in [1.82, 2.24) is 5.32 Å². The summed E-state index contributed by atoms with van der Waals surface area (Å²) in [5, 5.41) is 2.59. The minimum atomic E-state index is -3.24. The second kappa shape index (κ2) is 6.05. The molecular formula is C15H14FNO3S. The summed E-state index contributed by atoms with van der Waals surface area (Å²) in [5.41, 5.74) is 0.706. The molecule has 0 aliphatic carbocycles. The molecule has 0 fully saturated rings. The molecule has 4 nitrogen and oxygen atoms in total. The molecule has 110 valence electrons. The van der Waals surface area contributed by atoms with Crippen LogP contribution in [0.2, 0.25) is 0 Å². The number of halogens is 1. The van der Waals surface area contributed by atoms with Gasteiger partial charge in [0.25, 0.3) is 5.91 Å². The summed E-state index contributed by atoms with van der Waals surface area (Å²) in [7, 11) is -3.24. The van der Waals surface area contributed by atoms with Crippen molar-refractivity contribution in [2.24, 2.45) is 0 Å². The summed E-state index contributed by atoms with van der Waals surface area (Å²) in [6.45, 7) is 0.192. The van der Waals surface area contributed by atoms with Crippen molar-refractivity contribution in [2.75, 3.05) is 6.26 Å². The molecule has 1 amide bonds. The van der Waals surface area contributed by atoms with E-state index >= 15 is 0 Å². The first-order valence-electron chi connectivity index (χ1n) is 6.19. The maximum absolute atomic E-state index is 13.4. The highest BCUT2D eigenvalue weighted by molar-refractivity contribution is 7.90. The molecule has 0 unspecified atom stereocenters. The Morgan fingerprint density at radius 3 is 2.29 bits per heavy atom. The molecule has 21 heavy (non-hydrogen) atoms. The van der Waals surface area contributed by atoms with E-state index in [1.165, 1.54) is 30.3 Å². The predicted octanol–water partition coefficient (Wildman–Crippen LogP) is 2.16. The Morgan fingerprint density at radius 1 is 1.10 bits per heavy atom. The van der Waals surface area contributed by atoms with Crippen molar-refractivity contribution >= 4 is 15.7 Å². The van der Waals surface area contributed by atoms with Gasteiger partial charge in [0.1, 0.15) is 5.82 Å². The molecule has 2 aromatic carbocycles. The van der Waals surface area contributed by atoms with Crippen molar-refractivity contribution < 1.29 is 17.6 Å².